The Morgan fingerprint density at radius 2 is 1.93 bits per heavy atom. The van der Waals surface area contributed by atoms with Crippen molar-refractivity contribution in [2.45, 2.75) is 51.8 Å². The van der Waals surface area contributed by atoms with Crippen LogP contribution >= 0.6 is 24.0 Å². The van der Waals surface area contributed by atoms with Crippen molar-refractivity contribution in [1.82, 2.24) is 15.5 Å². The van der Waals surface area contributed by atoms with Gasteiger partial charge in [0, 0.05) is 39.8 Å². The number of ether oxygens (including phenoxy) is 1. The van der Waals surface area contributed by atoms with Crippen LogP contribution in [0.1, 0.15) is 43.7 Å². The van der Waals surface area contributed by atoms with Gasteiger partial charge in [-0.1, -0.05) is 31.2 Å². The number of hydrogen-bond acceptors (Lipinski definition) is 3. The molecule has 2 atom stereocenters. The van der Waals surface area contributed by atoms with E-state index < -0.39 is 0 Å². The van der Waals surface area contributed by atoms with Crippen LogP contribution in [0.3, 0.4) is 0 Å². The number of piperidine rings is 1. The molecule has 0 aromatic heterocycles. The van der Waals surface area contributed by atoms with Gasteiger partial charge in [-0.25, -0.2) is 0 Å². The average molecular weight is 486 g/mol. The van der Waals surface area contributed by atoms with E-state index in [1.165, 1.54) is 43.5 Å². The Balaban J connectivity index is 0.00000261. The van der Waals surface area contributed by atoms with Gasteiger partial charge in [-0.2, -0.15) is 0 Å². The number of nitrogens with one attached hydrogen (secondary N) is 2. The third-order valence-electron chi connectivity index (χ3n) is 5.38. The van der Waals surface area contributed by atoms with Gasteiger partial charge < -0.3 is 15.4 Å². The topological polar surface area (TPSA) is 48.9 Å². The number of rotatable bonds is 6. The van der Waals surface area contributed by atoms with Gasteiger partial charge in [-0.3, -0.25) is 9.89 Å². The highest BCUT2D eigenvalue weighted by atomic mass is 127. The Hall–Kier alpha value is -0.860. The van der Waals surface area contributed by atoms with Crippen LogP contribution in [0.2, 0.25) is 0 Å². The summed E-state index contributed by atoms with van der Waals surface area (Å²) >= 11 is 0. The van der Waals surface area contributed by atoms with Gasteiger partial charge in [-0.15, -0.1) is 24.0 Å². The molecule has 0 saturated carbocycles. The number of benzene rings is 1. The minimum absolute atomic E-state index is 0. The molecule has 1 aromatic rings. The highest BCUT2D eigenvalue weighted by Crippen LogP contribution is 2.18. The number of likely N-dealkylation sites (tertiary alicyclic amines) is 1. The van der Waals surface area contributed by atoms with Gasteiger partial charge in [0.25, 0.3) is 0 Å². The molecule has 0 aliphatic carbocycles. The SMILES string of the molecule is CN=C(NCc1ccc(CN2CCCC(C)C2)cc1)NCC1CCCO1.I. The number of guanidine groups is 1. The quantitative estimate of drug-likeness (QED) is 0.368. The third kappa shape index (κ3) is 7.58. The number of halogens is 1. The molecular formula is C21H35IN4O. The van der Waals surface area contributed by atoms with E-state index in [2.05, 4.69) is 51.7 Å². The molecule has 152 valence electrons. The highest BCUT2D eigenvalue weighted by molar-refractivity contribution is 14.0. The first kappa shape index (κ1) is 22.4. The van der Waals surface area contributed by atoms with Crippen molar-refractivity contribution in [1.29, 1.82) is 0 Å². The first-order valence-corrected chi connectivity index (χ1v) is 10.1. The van der Waals surface area contributed by atoms with E-state index in [9.17, 15) is 0 Å². The Morgan fingerprint density at radius 1 is 1.15 bits per heavy atom. The first-order valence-electron chi connectivity index (χ1n) is 10.1. The molecule has 5 nitrogen and oxygen atoms in total. The lowest BCUT2D eigenvalue weighted by atomic mass is 9.99. The van der Waals surface area contributed by atoms with Gasteiger partial charge in [0.15, 0.2) is 5.96 Å². The Labute approximate surface area is 181 Å². The van der Waals surface area contributed by atoms with Gasteiger partial charge in [0.2, 0.25) is 0 Å². The van der Waals surface area contributed by atoms with Crippen molar-refractivity contribution < 1.29 is 4.74 Å². The number of nitrogens with zero attached hydrogens (tertiary/aromatic N) is 2. The minimum atomic E-state index is 0. The van der Waals surface area contributed by atoms with E-state index in [1.807, 2.05) is 7.05 Å². The lowest BCUT2D eigenvalue weighted by molar-refractivity contribution is 0.114. The molecular weight excluding hydrogens is 451 g/mol. The summed E-state index contributed by atoms with van der Waals surface area (Å²) in [5.74, 6) is 1.67. The molecule has 0 bridgehead atoms. The zero-order valence-electron chi connectivity index (χ0n) is 16.7. The van der Waals surface area contributed by atoms with E-state index in [1.54, 1.807) is 0 Å². The van der Waals surface area contributed by atoms with Gasteiger partial charge in [-0.05, 0) is 49.3 Å². The van der Waals surface area contributed by atoms with Gasteiger partial charge in [0.1, 0.15) is 0 Å². The van der Waals surface area contributed by atoms with Crippen molar-refractivity contribution in [2.75, 3.05) is 33.3 Å². The lowest BCUT2D eigenvalue weighted by Gasteiger charge is -2.30. The van der Waals surface area contributed by atoms with E-state index in [0.717, 1.165) is 44.5 Å². The highest BCUT2D eigenvalue weighted by Gasteiger charge is 2.16. The molecule has 2 heterocycles. The second kappa shape index (κ2) is 11.9. The fraction of sp³-hybridized carbons (Fsp3) is 0.667. The normalized spacial score (nSPS) is 23.7. The summed E-state index contributed by atoms with van der Waals surface area (Å²) in [6.07, 6.45) is 5.35. The molecule has 6 heteroatoms. The zero-order chi connectivity index (χ0) is 18.2. The van der Waals surface area contributed by atoms with Gasteiger partial charge >= 0.3 is 0 Å². The Kier molecular flexibility index (Phi) is 9.86. The van der Waals surface area contributed by atoms with Crippen molar-refractivity contribution >= 4 is 29.9 Å². The van der Waals surface area contributed by atoms with Crippen LogP contribution in [0.5, 0.6) is 0 Å². The second-order valence-electron chi connectivity index (χ2n) is 7.74. The van der Waals surface area contributed by atoms with Crippen LogP contribution in [0.25, 0.3) is 0 Å². The zero-order valence-corrected chi connectivity index (χ0v) is 19.1. The molecule has 0 radical (unpaired) electrons. The summed E-state index contributed by atoms with van der Waals surface area (Å²) in [6, 6.07) is 8.98. The molecule has 1 aromatic carbocycles. The van der Waals surface area contributed by atoms with Crippen LogP contribution in [0, 0.1) is 5.92 Å². The summed E-state index contributed by atoms with van der Waals surface area (Å²) in [7, 11) is 1.81. The van der Waals surface area contributed by atoms with E-state index in [4.69, 9.17) is 4.74 Å². The maximum absolute atomic E-state index is 5.64. The smallest absolute Gasteiger partial charge is 0.191 e. The van der Waals surface area contributed by atoms with Gasteiger partial charge in [0.05, 0.1) is 6.10 Å². The average Bonchev–Trinajstić information content (AvgIpc) is 3.17. The molecule has 2 N–H and O–H groups in total. The predicted molar refractivity (Wildman–Crippen MR) is 123 cm³/mol. The maximum Gasteiger partial charge on any atom is 0.191 e. The Bertz CT molecular complexity index is 572. The second-order valence-corrected chi connectivity index (χ2v) is 7.74. The van der Waals surface area contributed by atoms with Crippen LogP contribution in [0.15, 0.2) is 29.3 Å². The van der Waals surface area contributed by atoms with Crippen LogP contribution in [-0.4, -0.2) is 50.3 Å². The molecule has 3 rings (SSSR count). The summed E-state index contributed by atoms with van der Waals surface area (Å²) in [4.78, 5) is 6.88. The molecule has 2 aliphatic rings. The standard InChI is InChI=1S/C21H34N4O.HI/c1-17-5-3-11-25(15-17)16-19-9-7-18(8-10-19)13-23-21(22-2)24-14-20-6-4-12-26-20;/h7-10,17,20H,3-6,11-16H2,1-2H3,(H2,22,23,24);1H. The van der Waals surface area contributed by atoms with E-state index in [0.29, 0.717) is 6.10 Å². The van der Waals surface area contributed by atoms with Crippen LogP contribution in [-0.2, 0) is 17.8 Å². The molecule has 2 saturated heterocycles. The molecule has 0 spiro atoms. The largest absolute Gasteiger partial charge is 0.376 e. The molecule has 2 fully saturated rings. The summed E-state index contributed by atoms with van der Waals surface area (Å²) in [6.45, 7) is 8.40. The molecule has 2 unspecified atom stereocenters. The lowest BCUT2D eigenvalue weighted by Crippen LogP contribution is -2.40. The summed E-state index contributed by atoms with van der Waals surface area (Å²) in [5, 5.41) is 6.75. The van der Waals surface area contributed by atoms with Crippen LogP contribution in [0.4, 0.5) is 0 Å². The van der Waals surface area contributed by atoms with Crippen molar-refractivity contribution in [3.8, 4) is 0 Å². The fourth-order valence-electron chi connectivity index (χ4n) is 3.87. The van der Waals surface area contributed by atoms with Crippen molar-refractivity contribution in [3.05, 3.63) is 35.4 Å². The molecule has 2 aliphatic heterocycles. The molecule has 27 heavy (non-hydrogen) atoms. The predicted octanol–water partition coefficient (Wildman–Crippen LogP) is 3.38. The van der Waals surface area contributed by atoms with E-state index in [-0.39, 0.29) is 24.0 Å². The van der Waals surface area contributed by atoms with Crippen molar-refractivity contribution in [2.24, 2.45) is 10.9 Å². The monoisotopic (exact) mass is 486 g/mol. The number of aliphatic imine (C=N–C) groups is 1. The first-order chi connectivity index (χ1) is 12.7. The van der Waals surface area contributed by atoms with E-state index >= 15 is 0 Å². The summed E-state index contributed by atoms with van der Waals surface area (Å²) in [5.41, 5.74) is 2.68. The maximum atomic E-state index is 5.64. The number of hydrogen-bond donors (Lipinski definition) is 2. The van der Waals surface area contributed by atoms with Crippen molar-refractivity contribution in [3.63, 3.8) is 0 Å². The third-order valence-corrected chi connectivity index (χ3v) is 5.38. The fourth-order valence-corrected chi connectivity index (χ4v) is 3.87. The molecule has 0 amide bonds. The minimum Gasteiger partial charge on any atom is -0.376 e. The Morgan fingerprint density at radius 3 is 2.59 bits per heavy atom. The van der Waals surface area contributed by atoms with Crippen LogP contribution < -0.4 is 10.6 Å². The summed E-state index contributed by atoms with van der Waals surface area (Å²) < 4.78 is 5.64.